The van der Waals surface area contributed by atoms with Crippen molar-refractivity contribution in [1.82, 2.24) is 14.8 Å². The van der Waals surface area contributed by atoms with Gasteiger partial charge >= 0.3 is 0 Å². The number of benzene rings is 1. The van der Waals surface area contributed by atoms with Crippen LogP contribution in [0.5, 0.6) is 0 Å². The molecule has 8 heteroatoms. The zero-order valence-corrected chi connectivity index (χ0v) is 18.1. The van der Waals surface area contributed by atoms with Gasteiger partial charge in [-0.15, -0.1) is 22.0 Å². The van der Waals surface area contributed by atoms with Crippen LogP contribution in [0.4, 0.5) is 11.6 Å². The van der Waals surface area contributed by atoms with E-state index < -0.39 is 0 Å². The van der Waals surface area contributed by atoms with Crippen LogP contribution in [0.15, 0.2) is 34.3 Å². The van der Waals surface area contributed by atoms with E-state index in [1.807, 2.05) is 37.4 Å². The van der Waals surface area contributed by atoms with Crippen LogP contribution in [0.3, 0.4) is 0 Å². The number of thioether (sulfide) groups is 2. The third kappa shape index (κ3) is 4.33. The normalized spacial score (nSPS) is 18.1. The zero-order chi connectivity index (χ0) is 19.5. The molecule has 6 nitrogen and oxygen atoms in total. The van der Waals surface area contributed by atoms with Gasteiger partial charge < -0.3 is 10.2 Å². The number of nitrogens with zero attached hydrogens (tertiary/aromatic N) is 4. The Labute approximate surface area is 174 Å². The lowest BCUT2D eigenvalue weighted by Gasteiger charge is -2.28. The maximum atomic E-state index is 12.8. The molecule has 1 unspecified atom stereocenters. The molecule has 1 amide bonds. The smallest absolute Gasteiger partial charge is 0.237 e. The summed E-state index contributed by atoms with van der Waals surface area (Å²) in [6.45, 7) is 4.04. The molecule has 1 aliphatic carbocycles. The molecule has 0 spiro atoms. The van der Waals surface area contributed by atoms with Crippen molar-refractivity contribution in [3.05, 3.63) is 24.3 Å². The lowest BCUT2D eigenvalue weighted by atomic mass is 10.1. The molecule has 4 rings (SSSR count). The molecule has 2 aliphatic rings. The van der Waals surface area contributed by atoms with Crippen LogP contribution >= 0.6 is 23.5 Å². The molecule has 2 heterocycles. The molecule has 2 aromatic rings. The summed E-state index contributed by atoms with van der Waals surface area (Å²) in [5, 5.41) is 12.7. The molecule has 1 aromatic carbocycles. The van der Waals surface area contributed by atoms with Crippen molar-refractivity contribution in [1.29, 1.82) is 0 Å². The Morgan fingerprint density at radius 3 is 2.64 bits per heavy atom. The molecule has 1 N–H and O–H groups in total. The largest absolute Gasteiger partial charge is 0.341 e. The summed E-state index contributed by atoms with van der Waals surface area (Å²) in [4.78, 5) is 16.2. The topological polar surface area (TPSA) is 63.1 Å². The molecular formula is C20H27N5OS2. The molecule has 1 aliphatic heterocycles. The Bertz CT molecular complexity index is 830. The van der Waals surface area contributed by atoms with Crippen LogP contribution in [0.25, 0.3) is 0 Å². The second-order valence-corrected chi connectivity index (χ2v) is 9.54. The SMILES string of the molecule is CSc1ccccc1NC(=O)C(C)Sc1nnc(N2CCCCC2)n1C1CC1. The van der Waals surface area contributed by atoms with Crippen molar-refractivity contribution in [2.75, 3.05) is 29.6 Å². The molecule has 0 radical (unpaired) electrons. The number of hydrogen-bond donors (Lipinski definition) is 1. The van der Waals surface area contributed by atoms with Crippen LogP contribution in [-0.4, -0.2) is 45.3 Å². The van der Waals surface area contributed by atoms with Gasteiger partial charge in [0, 0.05) is 24.0 Å². The summed E-state index contributed by atoms with van der Waals surface area (Å²) in [6, 6.07) is 8.39. The molecule has 1 aromatic heterocycles. The van der Waals surface area contributed by atoms with E-state index in [0.717, 1.165) is 34.8 Å². The van der Waals surface area contributed by atoms with E-state index in [1.165, 1.54) is 43.9 Å². The number of rotatable bonds is 7. The maximum absolute atomic E-state index is 12.8. The first kappa shape index (κ1) is 19.6. The number of para-hydroxylation sites is 1. The average molecular weight is 418 g/mol. The van der Waals surface area contributed by atoms with Crippen molar-refractivity contribution < 1.29 is 4.79 Å². The first-order chi connectivity index (χ1) is 13.7. The highest BCUT2D eigenvalue weighted by molar-refractivity contribution is 8.00. The van der Waals surface area contributed by atoms with E-state index >= 15 is 0 Å². The molecule has 2 fully saturated rings. The zero-order valence-electron chi connectivity index (χ0n) is 16.4. The summed E-state index contributed by atoms with van der Waals surface area (Å²) in [5.41, 5.74) is 0.866. The molecule has 1 atom stereocenters. The van der Waals surface area contributed by atoms with Gasteiger partial charge in [0.15, 0.2) is 5.16 Å². The van der Waals surface area contributed by atoms with E-state index in [9.17, 15) is 4.79 Å². The van der Waals surface area contributed by atoms with Crippen LogP contribution in [0, 0.1) is 0 Å². The number of nitrogens with one attached hydrogen (secondary N) is 1. The summed E-state index contributed by atoms with van der Waals surface area (Å²) < 4.78 is 2.27. The van der Waals surface area contributed by atoms with Gasteiger partial charge in [-0.05, 0) is 57.4 Å². The van der Waals surface area contributed by atoms with Gasteiger partial charge in [-0.25, -0.2) is 0 Å². The van der Waals surface area contributed by atoms with E-state index in [0.29, 0.717) is 6.04 Å². The Kier molecular flexibility index (Phi) is 6.16. The first-order valence-electron chi connectivity index (χ1n) is 9.97. The summed E-state index contributed by atoms with van der Waals surface area (Å²) in [6.07, 6.45) is 8.09. The number of carbonyl (C=O) groups excluding carboxylic acids is 1. The average Bonchev–Trinajstić information content (AvgIpc) is 3.49. The van der Waals surface area contributed by atoms with Gasteiger partial charge in [-0.2, -0.15) is 0 Å². The van der Waals surface area contributed by atoms with E-state index in [-0.39, 0.29) is 11.2 Å². The van der Waals surface area contributed by atoms with E-state index in [4.69, 9.17) is 0 Å². The number of aromatic nitrogens is 3. The fourth-order valence-electron chi connectivity index (χ4n) is 3.51. The summed E-state index contributed by atoms with van der Waals surface area (Å²) in [7, 11) is 0. The number of hydrogen-bond acceptors (Lipinski definition) is 6. The molecule has 28 heavy (non-hydrogen) atoms. The highest BCUT2D eigenvalue weighted by atomic mass is 32.2. The first-order valence-corrected chi connectivity index (χ1v) is 12.1. The van der Waals surface area contributed by atoms with Gasteiger partial charge in [0.1, 0.15) is 0 Å². The van der Waals surface area contributed by atoms with E-state index in [1.54, 1.807) is 11.8 Å². The highest BCUT2D eigenvalue weighted by Gasteiger charge is 2.33. The maximum Gasteiger partial charge on any atom is 0.237 e. The minimum absolute atomic E-state index is 0.00336. The predicted octanol–water partition coefficient (Wildman–Crippen LogP) is 4.44. The fraction of sp³-hybridized carbons (Fsp3) is 0.550. The van der Waals surface area contributed by atoms with Gasteiger partial charge in [0.05, 0.1) is 10.9 Å². The number of amides is 1. The third-order valence-electron chi connectivity index (χ3n) is 5.21. The highest BCUT2D eigenvalue weighted by Crippen LogP contribution is 2.42. The monoisotopic (exact) mass is 417 g/mol. The minimum atomic E-state index is -0.245. The van der Waals surface area contributed by atoms with Gasteiger partial charge in [-0.1, -0.05) is 23.9 Å². The van der Waals surface area contributed by atoms with Crippen LogP contribution in [0.1, 0.15) is 45.1 Å². The van der Waals surface area contributed by atoms with Gasteiger partial charge in [-0.3, -0.25) is 9.36 Å². The van der Waals surface area contributed by atoms with Crippen LogP contribution in [-0.2, 0) is 4.79 Å². The predicted molar refractivity (Wildman–Crippen MR) is 117 cm³/mol. The Morgan fingerprint density at radius 2 is 1.93 bits per heavy atom. The van der Waals surface area contributed by atoms with Gasteiger partial charge in [0.2, 0.25) is 11.9 Å². The van der Waals surface area contributed by atoms with Crippen molar-refractivity contribution in [2.45, 2.75) is 60.4 Å². The quantitative estimate of drug-likeness (QED) is 0.672. The number of carbonyl (C=O) groups is 1. The Morgan fingerprint density at radius 1 is 1.18 bits per heavy atom. The fourth-order valence-corrected chi connectivity index (χ4v) is 4.97. The van der Waals surface area contributed by atoms with Crippen LogP contribution < -0.4 is 10.2 Å². The van der Waals surface area contributed by atoms with Gasteiger partial charge in [0.25, 0.3) is 0 Å². The number of anilines is 2. The number of piperidine rings is 1. The minimum Gasteiger partial charge on any atom is -0.341 e. The summed E-state index contributed by atoms with van der Waals surface area (Å²) >= 11 is 3.14. The van der Waals surface area contributed by atoms with Crippen molar-refractivity contribution in [2.24, 2.45) is 0 Å². The second-order valence-electron chi connectivity index (χ2n) is 7.38. The molecule has 1 saturated carbocycles. The Balaban J connectivity index is 1.47. The lowest BCUT2D eigenvalue weighted by molar-refractivity contribution is -0.115. The van der Waals surface area contributed by atoms with Crippen molar-refractivity contribution >= 4 is 41.1 Å². The van der Waals surface area contributed by atoms with Crippen molar-refractivity contribution in [3.63, 3.8) is 0 Å². The molecule has 0 bridgehead atoms. The van der Waals surface area contributed by atoms with Crippen molar-refractivity contribution in [3.8, 4) is 0 Å². The molecule has 1 saturated heterocycles. The second kappa shape index (κ2) is 8.78. The molecule has 150 valence electrons. The third-order valence-corrected chi connectivity index (χ3v) is 7.07. The standard InChI is InChI=1S/C20H27N5OS2/c1-14(18(26)21-16-8-4-5-9-17(16)27-2)28-20-23-22-19(25(20)15-10-11-15)24-12-6-3-7-13-24/h4-5,8-9,14-15H,3,6-7,10-13H2,1-2H3,(H,21,26). The molecular weight excluding hydrogens is 390 g/mol. The van der Waals surface area contributed by atoms with Crippen LogP contribution in [0.2, 0.25) is 0 Å². The summed E-state index contributed by atoms with van der Waals surface area (Å²) in [5.74, 6) is 0.987. The van der Waals surface area contributed by atoms with E-state index in [2.05, 4.69) is 25.0 Å². The Hall–Kier alpha value is -1.67. The lowest BCUT2D eigenvalue weighted by Crippen LogP contribution is -2.32.